The lowest BCUT2D eigenvalue weighted by Gasteiger charge is -2.20. The first-order chi connectivity index (χ1) is 14.5. The Balaban J connectivity index is 1.77. The number of esters is 1. The van der Waals surface area contributed by atoms with Gasteiger partial charge in [0.15, 0.2) is 5.71 Å². The molecule has 0 radical (unpaired) electrons. The van der Waals surface area contributed by atoms with Gasteiger partial charge in [0, 0.05) is 18.4 Å². The van der Waals surface area contributed by atoms with Gasteiger partial charge in [0.05, 0.1) is 18.3 Å². The number of hydrogen-bond donors (Lipinski definition) is 0. The molecule has 0 saturated carbocycles. The fourth-order valence-electron chi connectivity index (χ4n) is 3.46. The fraction of sp³-hybridized carbons (Fsp3) is 0.318. The number of aryl methyl sites for hydroxylation is 1. The van der Waals surface area contributed by atoms with Gasteiger partial charge in [-0.1, -0.05) is 28.5 Å². The minimum absolute atomic E-state index is 0.171. The number of hydrogen-bond acceptors (Lipinski definition) is 6. The highest BCUT2D eigenvalue weighted by Gasteiger charge is 2.28. The summed E-state index contributed by atoms with van der Waals surface area (Å²) in [4.78, 5) is 22.5. The molecule has 1 aromatic carbocycles. The van der Waals surface area contributed by atoms with E-state index in [2.05, 4.69) is 10.3 Å². The van der Waals surface area contributed by atoms with Crippen molar-refractivity contribution in [3.05, 3.63) is 59.6 Å². The van der Waals surface area contributed by atoms with Crippen LogP contribution in [0.25, 0.3) is 10.9 Å². The van der Waals surface area contributed by atoms with Crippen molar-refractivity contribution in [1.29, 1.82) is 0 Å². The van der Waals surface area contributed by atoms with Crippen molar-refractivity contribution in [1.82, 2.24) is 4.57 Å². The normalized spacial score (nSPS) is 17.1. The van der Waals surface area contributed by atoms with E-state index in [0.717, 1.165) is 22.2 Å². The Morgan fingerprint density at radius 3 is 2.80 bits per heavy atom. The fourth-order valence-corrected chi connectivity index (χ4v) is 3.46. The Bertz CT molecular complexity index is 1070. The summed E-state index contributed by atoms with van der Waals surface area (Å²) in [5.74, 6) is -1.16. The minimum atomic E-state index is -0.550. The molecule has 1 aliphatic carbocycles. The standard InChI is InChI=1S/C22H24FN3O4/c1-14(19-11-15-9-10-17(23)12-20(15)26(19)2)24-30-13-16-7-5-6-8-18(16)21(25-29-4)22(27)28-3/h5-7,9-12,18H,8,13H2,1-4H3/b24-14+,25-21+. The molecular weight excluding hydrogens is 389 g/mol. The highest BCUT2D eigenvalue weighted by Crippen LogP contribution is 2.24. The summed E-state index contributed by atoms with van der Waals surface area (Å²) in [5.41, 5.74) is 3.25. The second-order valence-corrected chi connectivity index (χ2v) is 6.85. The van der Waals surface area contributed by atoms with Gasteiger partial charge in [0.2, 0.25) is 0 Å². The Morgan fingerprint density at radius 1 is 1.27 bits per heavy atom. The maximum atomic E-state index is 13.5. The molecule has 7 nitrogen and oxygen atoms in total. The average molecular weight is 413 g/mol. The molecule has 0 bridgehead atoms. The molecule has 1 heterocycles. The highest BCUT2D eigenvalue weighted by molar-refractivity contribution is 6.37. The van der Waals surface area contributed by atoms with Gasteiger partial charge in [-0.15, -0.1) is 0 Å². The molecule has 0 amide bonds. The van der Waals surface area contributed by atoms with Crippen molar-refractivity contribution < 1.29 is 23.6 Å². The third-order valence-corrected chi connectivity index (χ3v) is 4.99. The van der Waals surface area contributed by atoms with E-state index in [1.165, 1.54) is 26.4 Å². The van der Waals surface area contributed by atoms with Crippen molar-refractivity contribution in [3.8, 4) is 0 Å². The van der Waals surface area contributed by atoms with Gasteiger partial charge in [-0.05, 0) is 43.2 Å². The lowest BCUT2D eigenvalue weighted by Crippen LogP contribution is -2.29. The summed E-state index contributed by atoms with van der Waals surface area (Å²) in [6, 6.07) is 6.58. The molecule has 1 atom stereocenters. The van der Waals surface area contributed by atoms with E-state index >= 15 is 0 Å². The summed E-state index contributed by atoms with van der Waals surface area (Å²) in [6.45, 7) is 1.99. The van der Waals surface area contributed by atoms with Gasteiger partial charge in [-0.2, -0.15) is 0 Å². The van der Waals surface area contributed by atoms with Crippen LogP contribution in [0.2, 0.25) is 0 Å². The Morgan fingerprint density at radius 2 is 2.07 bits per heavy atom. The molecule has 0 spiro atoms. The van der Waals surface area contributed by atoms with Crippen LogP contribution in [0.5, 0.6) is 0 Å². The molecule has 1 unspecified atom stereocenters. The van der Waals surface area contributed by atoms with E-state index < -0.39 is 5.97 Å². The van der Waals surface area contributed by atoms with Gasteiger partial charge < -0.3 is 19.0 Å². The third kappa shape index (κ3) is 4.42. The zero-order valence-corrected chi connectivity index (χ0v) is 17.4. The molecule has 0 aliphatic heterocycles. The second-order valence-electron chi connectivity index (χ2n) is 6.85. The van der Waals surface area contributed by atoms with E-state index in [1.54, 1.807) is 6.07 Å². The number of benzene rings is 1. The molecule has 1 aliphatic rings. The van der Waals surface area contributed by atoms with Gasteiger partial charge in [-0.25, -0.2) is 9.18 Å². The van der Waals surface area contributed by atoms with Crippen molar-refractivity contribution in [3.63, 3.8) is 0 Å². The number of carbonyl (C=O) groups is 1. The monoisotopic (exact) mass is 413 g/mol. The number of rotatable bonds is 7. The average Bonchev–Trinajstić information content (AvgIpc) is 3.08. The first kappa shape index (κ1) is 21.3. The van der Waals surface area contributed by atoms with Crippen LogP contribution in [0.4, 0.5) is 4.39 Å². The van der Waals surface area contributed by atoms with Crippen LogP contribution in [-0.2, 0) is 26.3 Å². The van der Waals surface area contributed by atoms with Gasteiger partial charge in [0.25, 0.3) is 0 Å². The van der Waals surface area contributed by atoms with E-state index in [4.69, 9.17) is 14.4 Å². The number of methoxy groups -OCH3 is 1. The highest BCUT2D eigenvalue weighted by atomic mass is 19.1. The van der Waals surface area contributed by atoms with Crippen molar-refractivity contribution >= 4 is 28.3 Å². The first-order valence-electron chi connectivity index (χ1n) is 9.43. The van der Waals surface area contributed by atoms with Gasteiger partial charge in [-0.3, -0.25) is 0 Å². The Hall–Kier alpha value is -3.42. The minimum Gasteiger partial charge on any atom is -0.464 e. The number of carbonyl (C=O) groups excluding carboxylic acids is 1. The lowest BCUT2D eigenvalue weighted by atomic mass is 9.87. The first-order valence-corrected chi connectivity index (χ1v) is 9.43. The zero-order chi connectivity index (χ0) is 21.7. The Kier molecular flexibility index (Phi) is 6.66. The van der Waals surface area contributed by atoms with Gasteiger partial charge >= 0.3 is 5.97 Å². The summed E-state index contributed by atoms with van der Waals surface area (Å²) >= 11 is 0. The van der Waals surface area contributed by atoms with Crippen LogP contribution >= 0.6 is 0 Å². The molecule has 158 valence electrons. The molecule has 30 heavy (non-hydrogen) atoms. The van der Waals surface area contributed by atoms with E-state index in [1.807, 2.05) is 42.8 Å². The summed E-state index contributed by atoms with van der Waals surface area (Å²) in [7, 11) is 4.53. The second kappa shape index (κ2) is 9.39. The van der Waals surface area contributed by atoms with Crippen LogP contribution in [0, 0.1) is 11.7 Å². The van der Waals surface area contributed by atoms with E-state index in [9.17, 15) is 9.18 Å². The number of halogens is 1. The number of nitrogens with zero attached hydrogens (tertiary/aromatic N) is 3. The van der Waals surface area contributed by atoms with Crippen LogP contribution in [0.1, 0.15) is 19.0 Å². The topological polar surface area (TPSA) is 74.4 Å². The number of allylic oxidation sites excluding steroid dienone is 3. The number of oxime groups is 2. The smallest absolute Gasteiger partial charge is 0.356 e. The largest absolute Gasteiger partial charge is 0.464 e. The quantitative estimate of drug-likeness (QED) is 0.394. The molecule has 0 saturated heterocycles. The lowest BCUT2D eigenvalue weighted by molar-refractivity contribution is -0.133. The van der Waals surface area contributed by atoms with Crippen LogP contribution in [0.3, 0.4) is 0 Å². The zero-order valence-electron chi connectivity index (χ0n) is 17.4. The maximum absolute atomic E-state index is 13.5. The third-order valence-electron chi connectivity index (χ3n) is 4.99. The maximum Gasteiger partial charge on any atom is 0.356 e. The molecule has 0 N–H and O–H groups in total. The van der Waals surface area contributed by atoms with E-state index in [-0.39, 0.29) is 24.1 Å². The summed E-state index contributed by atoms with van der Waals surface area (Å²) < 4.78 is 20.2. The van der Waals surface area contributed by atoms with Crippen LogP contribution < -0.4 is 0 Å². The molecule has 2 aromatic rings. The molecule has 1 aromatic heterocycles. The number of aromatic nitrogens is 1. The van der Waals surface area contributed by atoms with Crippen LogP contribution in [-0.4, -0.2) is 42.8 Å². The van der Waals surface area contributed by atoms with Gasteiger partial charge in [0.1, 0.15) is 25.2 Å². The summed E-state index contributed by atoms with van der Waals surface area (Å²) in [5, 5.41) is 8.98. The number of ether oxygens (including phenoxy) is 1. The molecule has 3 rings (SSSR count). The number of fused-ring (bicyclic) bond motifs is 1. The van der Waals surface area contributed by atoms with Crippen LogP contribution in [0.15, 0.2) is 58.4 Å². The molecule has 0 fully saturated rings. The predicted octanol–water partition coefficient (Wildman–Crippen LogP) is 3.74. The molecular formula is C22H24FN3O4. The SMILES string of the molecule is CO/N=C(/C(=O)OC)C1CC=CC=C1CO/N=C(\C)c1cc2ccc(F)cc2n1C. The predicted molar refractivity (Wildman–Crippen MR) is 113 cm³/mol. The van der Waals surface area contributed by atoms with Crippen molar-refractivity contribution in [2.45, 2.75) is 13.3 Å². The summed E-state index contributed by atoms with van der Waals surface area (Å²) in [6.07, 6.45) is 6.27. The van der Waals surface area contributed by atoms with Crippen molar-refractivity contribution in [2.24, 2.45) is 23.3 Å². The van der Waals surface area contributed by atoms with Crippen molar-refractivity contribution in [2.75, 3.05) is 20.8 Å². The van der Waals surface area contributed by atoms with E-state index in [0.29, 0.717) is 12.1 Å². The molecule has 8 heteroatoms. The Labute approximate surface area is 174 Å².